The van der Waals surface area contributed by atoms with Crippen molar-refractivity contribution in [2.75, 3.05) is 5.73 Å². The van der Waals surface area contributed by atoms with Crippen molar-refractivity contribution >= 4 is 5.69 Å². The third kappa shape index (κ3) is 1.47. The molecule has 0 aliphatic heterocycles. The highest BCUT2D eigenvalue weighted by Crippen LogP contribution is 2.12. The molecule has 0 bridgehead atoms. The van der Waals surface area contributed by atoms with E-state index in [-0.39, 0.29) is 0 Å². The first-order chi connectivity index (χ1) is 8.75. The molecule has 1 aromatic rings. The highest BCUT2D eigenvalue weighted by molar-refractivity contribution is 5.37. The van der Waals surface area contributed by atoms with E-state index in [1.165, 1.54) is 0 Å². The summed E-state index contributed by atoms with van der Waals surface area (Å²) in [5.74, 6) is -3.20. The number of nitrogens with two attached hydrogens (primary N) is 1. The highest BCUT2D eigenvalue weighted by Gasteiger charge is 1.98. The Bertz CT molecular complexity index is 518. The maximum atomic E-state index is 7.86. The van der Waals surface area contributed by atoms with Gasteiger partial charge in [0.2, 0.25) is 0 Å². The van der Waals surface area contributed by atoms with E-state index in [0.717, 1.165) is 0 Å². The van der Waals surface area contributed by atoms with Crippen molar-refractivity contribution in [2.45, 2.75) is 19.6 Å². The summed E-state index contributed by atoms with van der Waals surface area (Å²) in [6, 6.07) is -1.44. The lowest BCUT2D eigenvalue weighted by Crippen LogP contribution is -1.93. The fourth-order valence-corrected chi connectivity index (χ4v) is 0.449. The summed E-state index contributed by atoms with van der Waals surface area (Å²) in [6.07, 6.45) is -0.779. The second kappa shape index (κ2) is 2.69. The molecule has 0 saturated carbocycles. The van der Waals surface area contributed by atoms with Crippen LogP contribution in [0.5, 0.6) is 0 Å². The molecule has 1 aromatic heterocycles. The first-order valence-corrected chi connectivity index (χ1v) is 2.49. The fourth-order valence-electron chi connectivity index (χ4n) is 0.449. The Morgan fingerprint density at radius 1 is 1.90 bits per heavy atom. The van der Waals surface area contributed by atoms with Crippen LogP contribution < -0.4 is 5.73 Å². The molecule has 0 fully saturated rings. The number of nitrogens with zero attached hydrogens (tertiary/aromatic N) is 1. The third-order valence-corrected chi connectivity index (χ3v) is 0.848. The molecule has 0 amide bonds. The Morgan fingerprint density at radius 2 is 2.70 bits per heavy atom. The number of hydrogen-bond donors (Lipinski definition) is 1. The largest absolute Gasteiger partial charge is 0.399 e. The predicted octanol–water partition coefficient (Wildman–Crippen LogP) is 1.79. The van der Waals surface area contributed by atoms with Crippen molar-refractivity contribution in [2.24, 2.45) is 0 Å². The van der Waals surface area contributed by atoms with Gasteiger partial charge in [0.1, 0.15) is 0 Å². The van der Waals surface area contributed by atoms with Crippen LogP contribution in [-0.2, 0) is 0 Å². The number of nitrogen functional groups attached to an aromatic ring is 1. The molecule has 0 aromatic carbocycles. The topological polar surface area (TPSA) is 38.9 Å². The lowest BCUT2D eigenvalue weighted by Gasteiger charge is -2.02. The van der Waals surface area contributed by atoms with Crippen molar-refractivity contribution in [1.29, 1.82) is 0 Å². The normalized spacial score (nSPS) is 28.4. The lowest BCUT2D eigenvalue weighted by atomic mass is 10.1. The highest BCUT2D eigenvalue weighted by atomic mass is 14.7. The van der Waals surface area contributed by atoms with E-state index in [9.17, 15) is 0 Å². The van der Waals surface area contributed by atoms with Crippen LogP contribution in [-0.4, -0.2) is 4.98 Å². The molecule has 0 spiro atoms. The van der Waals surface area contributed by atoms with Gasteiger partial charge in [-0.1, -0.05) is 13.7 Å². The van der Waals surface area contributed by atoms with Crippen LogP contribution in [0.4, 0.5) is 5.69 Å². The van der Waals surface area contributed by atoms with E-state index in [0.29, 0.717) is 0 Å². The van der Waals surface area contributed by atoms with Crippen LogP contribution in [0.15, 0.2) is 18.3 Å². The molecule has 0 unspecified atom stereocenters. The number of hydrogen-bond acceptors (Lipinski definition) is 2. The van der Waals surface area contributed by atoms with Crippen LogP contribution in [0.2, 0.25) is 0 Å². The van der Waals surface area contributed by atoms with Gasteiger partial charge < -0.3 is 5.73 Å². The average Bonchev–Trinajstić information content (AvgIpc) is 2.27. The summed E-state index contributed by atoms with van der Waals surface area (Å²) in [4.78, 5) is 3.34. The van der Waals surface area contributed by atoms with Crippen molar-refractivity contribution in [3.63, 3.8) is 0 Å². The number of rotatable bonds is 1. The van der Waals surface area contributed by atoms with E-state index in [1.54, 1.807) is 0 Å². The smallest absolute Gasteiger partial charge is 0.0841 e. The van der Waals surface area contributed by atoms with Crippen LogP contribution in [0.25, 0.3) is 0 Å². The maximum absolute atomic E-state index is 7.86. The molecule has 0 radical (unpaired) electrons. The van der Waals surface area contributed by atoms with Gasteiger partial charge >= 0.3 is 0 Å². The number of pyridine rings is 1. The van der Waals surface area contributed by atoms with Gasteiger partial charge in [-0.2, -0.15) is 0 Å². The quantitative estimate of drug-likeness (QED) is 0.656. The summed E-state index contributed by atoms with van der Waals surface area (Å²) in [5.41, 5.74) is 3.85. The monoisotopic (exact) mass is 146 g/mol. The molecular formula is C8H12N2. The van der Waals surface area contributed by atoms with E-state index in [4.69, 9.17) is 19.4 Å². The molecule has 0 aliphatic carbocycles. The van der Waals surface area contributed by atoms with Gasteiger partial charge in [0.05, 0.1) is 4.11 Å². The molecule has 0 saturated heterocycles. The summed E-state index contributed by atoms with van der Waals surface area (Å²) >= 11 is 0. The number of anilines is 1. The van der Waals surface area contributed by atoms with Gasteiger partial charge in [-0.05, 0) is 18.0 Å². The zero-order chi connectivity index (χ0) is 16.1. The Morgan fingerprint density at radius 3 is 3.40 bits per heavy atom. The molecule has 1 heterocycles. The Labute approximate surface area is 75.1 Å². The zero-order valence-corrected chi connectivity index (χ0v) is 5.02. The van der Waals surface area contributed by atoms with Gasteiger partial charge in [0, 0.05) is 27.1 Å². The van der Waals surface area contributed by atoms with Gasteiger partial charge in [0.25, 0.3) is 0 Å². The molecule has 54 valence electrons. The van der Waals surface area contributed by atoms with Gasteiger partial charge in [-0.3, -0.25) is 4.98 Å². The average molecular weight is 146 g/mol. The Balaban J connectivity index is 3.79. The van der Waals surface area contributed by atoms with Gasteiger partial charge in [-0.25, -0.2) is 0 Å². The molecule has 10 heavy (non-hydrogen) atoms. The summed E-state index contributed by atoms with van der Waals surface area (Å²) in [6.45, 7) is -6.63. The Kier molecular flexibility index (Phi) is 0.424. The van der Waals surface area contributed by atoms with Crippen molar-refractivity contribution < 1.29 is 13.7 Å². The van der Waals surface area contributed by atoms with Crippen molar-refractivity contribution in [3.8, 4) is 0 Å². The minimum absolute atomic E-state index is 0.579. The molecule has 2 heteroatoms. The second-order valence-corrected chi connectivity index (χ2v) is 1.61. The molecule has 0 aliphatic rings. The molecule has 0 atom stereocenters. The van der Waals surface area contributed by atoms with E-state index < -0.39 is 49.2 Å². The van der Waals surface area contributed by atoms with Crippen molar-refractivity contribution in [3.05, 3.63) is 24.0 Å². The van der Waals surface area contributed by atoms with Crippen LogP contribution in [0, 0.1) is 0 Å². The molecule has 1 rings (SSSR count). The van der Waals surface area contributed by atoms with Crippen LogP contribution in [0.3, 0.4) is 0 Å². The fraction of sp³-hybridized carbons (Fsp3) is 0.375. The van der Waals surface area contributed by atoms with Crippen LogP contribution >= 0.6 is 0 Å². The Hall–Kier alpha value is -1.05. The third-order valence-electron chi connectivity index (χ3n) is 0.848. The lowest BCUT2D eigenvalue weighted by molar-refractivity contribution is 0.824. The van der Waals surface area contributed by atoms with Gasteiger partial charge in [-0.15, -0.1) is 0 Å². The minimum Gasteiger partial charge on any atom is -0.399 e. The molecule has 2 nitrogen and oxygen atoms in total. The first-order valence-electron chi connectivity index (χ1n) is 7.49. The predicted molar refractivity (Wildman–Crippen MR) is 42.7 cm³/mol. The summed E-state index contributed by atoms with van der Waals surface area (Å²) < 4.78 is 73.9. The van der Waals surface area contributed by atoms with Crippen molar-refractivity contribution in [1.82, 2.24) is 4.98 Å². The summed E-state index contributed by atoms with van der Waals surface area (Å²) in [5, 5.41) is 0. The van der Waals surface area contributed by atoms with Crippen LogP contribution in [0.1, 0.15) is 39.0 Å². The second-order valence-electron chi connectivity index (χ2n) is 1.61. The zero-order valence-electron chi connectivity index (χ0n) is 15.0. The van der Waals surface area contributed by atoms with E-state index >= 15 is 0 Å². The molecule has 2 N–H and O–H groups in total. The number of aromatic nitrogens is 1. The maximum Gasteiger partial charge on any atom is 0.0841 e. The standard InChI is InChI=1S/C8H12N2/c1-6(2)8-5-7(9)3-4-10-8/h3-6H,1-2H3,(H2,9,10)/i1D3,2D3,3D,4D,5D,6D. The summed E-state index contributed by atoms with van der Waals surface area (Å²) in [7, 11) is 0. The van der Waals surface area contributed by atoms with E-state index in [2.05, 4.69) is 4.98 Å². The SMILES string of the molecule is [2H]c1nc(C([2H])(C([2H])([2H])[2H])C([2H])([2H])[2H])c([2H])c(N)c1[2H]. The van der Waals surface area contributed by atoms with Gasteiger partial charge in [0.15, 0.2) is 0 Å². The first kappa shape index (κ1) is 1.58. The minimum atomic E-state index is -3.32. The van der Waals surface area contributed by atoms with E-state index in [1.807, 2.05) is 0 Å². The molecular weight excluding hydrogens is 124 g/mol.